The van der Waals surface area contributed by atoms with Crippen molar-refractivity contribution in [1.29, 1.82) is 0 Å². The lowest BCUT2D eigenvalue weighted by molar-refractivity contribution is -0.151. The number of esters is 1. The number of allylic oxidation sites excluding steroid dienone is 1. The molecular formula is C27H32N2O4. The topological polar surface area (TPSA) is 75.7 Å². The monoisotopic (exact) mass is 448 g/mol. The number of carbonyl (C=O) groups is 3. The number of nitrogens with zero attached hydrogens (tertiary/aromatic N) is 1. The van der Waals surface area contributed by atoms with Crippen LogP contribution in [-0.4, -0.2) is 37.4 Å². The third-order valence-corrected chi connectivity index (χ3v) is 6.04. The Balaban J connectivity index is 1.61. The Kier molecular flexibility index (Phi) is 7.36. The van der Waals surface area contributed by atoms with E-state index in [1.54, 1.807) is 6.08 Å². The van der Waals surface area contributed by atoms with Crippen molar-refractivity contribution in [3.63, 3.8) is 0 Å². The first-order valence-corrected chi connectivity index (χ1v) is 11.2. The van der Waals surface area contributed by atoms with E-state index in [1.807, 2.05) is 74.3 Å². The summed E-state index contributed by atoms with van der Waals surface area (Å²) in [6.45, 7) is 7.41. The molecule has 1 aliphatic heterocycles. The number of rotatable bonds is 8. The second kappa shape index (κ2) is 10.0. The first-order valence-electron chi connectivity index (χ1n) is 11.2. The summed E-state index contributed by atoms with van der Waals surface area (Å²) < 4.78 is 5.30. The predicted octanol–water partition coefficient (Wildman–Crippen LogP) is 3.79. The normalized spacial score (nSPS) is 16.4. The zero-order chi connectivity index (χ0) is 24.2. The summed E-state index contributed by atoms with van der Waals surface area (Å²) in [4.78, 5) is 39.8. The average molecular weight is 449 g/mol. The van der Waals surface area contributed by atoms with Crippen molar-refractivity contribution in [2.45, 2.75) is 45.6 Å². The number of carbonyl (C=O) groups excluding carboxylic acids is 3. The highest BCUT2D eigenvalue weighted by molar-refractivity contribution is 5.95. The van der Waals surface area contributed by atoms with Crippen molar-refractivity contribution < 1.29 is 19.1 Å². The first-order chi connectivity index (χ1) is 15.6. The van der Waals surface area contributed by atoms with Crippen molar-refractivity contribution in [1.82, 2.24) is 5.32 Å². The number of para-hydroxylation sites is 1. The van der Waals surface area contributed by atoms with Gasteiger partial charge in [0, 0.05) is 29.9 Å². The van der Waals surface area contributed by atoms with E-state index in [9.17, 15) is 14.4 Å². The molecule has 2 aromatic carbocycles. The zero-order valence-corrected chi connectivity index (χ0v) is 19.9. The van der Waals surface area contributed by atoms with Gasteiger partial charge in [-0.15, -0.1) is 0 Å². The van der Waals surface area contributed by atoms with Gasteiger partial charge < -0.3 is 15.0 Å². The summed E-state index contributed by atoms with van der Waals surface area (Å²) in [7, 11) is 1.93. The molecule has 1 aliphatic rings. The number of benzene rings is 2. The van der Waals surface area contributed by atoms with Crippen LogP contribution in [0.15, 0.2) is 66.4 Å². The van der Waals surface area contributed by atoms with Gasteiger partial charge in [0.1, 0.15) is 6.04 Å². The van der Waals surface area contributed by atoms with E-state index in [2.05, 4.69) is 25.2 Å². The number of anilines is 1. The van der Waals surface area contributed by atoms with Crippen molar-refractivity contribution in [3.05, 3.63) is 77.5 Å². The van der Waals surface area contributed by atoms with Crippen LogP contribution in [0.4, 0.5) is 5.69 Å². The van der Waals surface area contributed by atoms with Crippen LogP contribution < -0.4 is 10.2 Å². The lowest BCUT2D eigenvalue weighted by atomic mass is 9.83. The third kappa shape index (κ3) is 5.51. The van der Waals surface area contributed by atoms with Crippen LogP contribution in [-0.2, 0) is 31.0 Å². The highest BCUT2D eigenvalue weighted by Gasteiger charge is 2.38. The number of fused-ring (bicyclic) bond motifs is 1. The number of hydrogen-bond donors (Lipinski definition) is 1. The highest BCUT2D eigenvalue weighted by Crippen LogP contribution is 2.46. The molecule has 0 radical (unpaired) electrons. The fraction of sp³-hybridized carbons (Fsp3) is 0.370. The maximum atomic E-state index is 12.7. The maximum absolute atomic E-state index is 12.7. The Morgan fingerprint density at radius 1 is 1.03 bits per heavy atom. The van der Waals surface area contributed by atoms with Crippen LogP contribution in [0.25, 0.3) is 0 Å². The molecule has 0 aromatic heterocycles. The molecule has 0 spiro atoms. The number of nitrogens with one attached hydrogen (secondary N) is 1. The van der Waals surface area contributed by atoms with Crippen LogP contribution in [0.3, 0.4) is 0 Å². The van der Waals surface area contributed by atoms with E-state index in [0.29, 0.717) is 0 Å². The van der Waals surface area contributed by atoms with Crippen LogP contribution in [0.1, 0.15) is 38.8 Å². The fourth-order valence-electron chi connectivity index (χ4n) is 4.19. The van der Waals surface area contributed by atoms with Crippen LogP contribution in [0.2, 0.25) is 0 Å². The van der Waals surface area contributed by atoms with Gasteiger partial charge in [-0.3, -0.25) is 9.59 Å². The largest absolute Gasteiger partial charge is 0.456 e. The number of amides is 1. The summed E-state index contributed by atoms with van der Waals surface area (Å²) in [5.74, 6) is -1.36. The zero-order valence-electron chi connectivity index (χ0n) is 19.9. The number of likely N-dealkylation sites (N-methyl/N-ethyl adjacent to an activating group) is 1. The first kappa shape index (κ1) is 24.2. The summed E-state index contributed by atoms with van der Waals surface area (Å²) in [6.07, 6.45) is 1.72. The van der Waals surface area contributed by atoms with Gasteiger partial charge in [0.05, 0.1) is 6.42 Å². The van der Waals surface area contributed by atoms with Gasteiger partial charge in [-0.05, 0) is 23.1 Å². The summed E-state index contributed by atoms with van der Waals surface area (Å²) in [5.41, 5.74) is 3.57. The van der Waals surface area contributed by atoms with Gasteiger partial charge in [-0.2, -0.15) is 0 Å². The molecular weight excluding hydrogens is 416 g/mol. The van der Waals surface area contributed by atoms with E-state index >= 15 is 0 Å². The van der Waals surface area contributed by atoms with Crippen molar-refractivity contribution >= 4 is 23.3 Å². The van der Waals surface area contributed by atoms with Crippen molar-refractivity contribution in [2.75, 3.05) is 18.6 Å². The fourth-order valence-corrected chi connectivity index (χ4v) is 4.19. The van der Waals surface area contributed by atoms with Crippen molar-refractivity contribution in [3.8, 4) is 0 Å². The summed E-state index contributed by atoms with van der Waals surface area (Å²) >= 11 is 0. The molecule has 0 aliphatic carbocycles. The molecule has 6 nitrogen and oxygen atoms in total. The Hall–Kier alpha value is -3.41. The molecule has 0 saturated carbocycles. The quantitative estimate of drug-likeness (QED) is 0.491. The van der Waals surface area contributed by atoms with Crippen molar-refractivity contribution in [2.24, 2.45) is 5.92 Å². The second-order valence-corrected chi connectivity index (χ2v) is 9.26. The van der Waals surface area contributed by atoms with E-state index in [0.717, 1.165) is 22.5 Å². The maximum Gasteiger partial charge on any atom is 0.329 e. The lowest BCUT2D eigenvalue weighted by Crippen LogP contribution is -2.46. The lowest BCUT2D eigenvalue weighted by Gasteiger charge is -2.24. The molecule has 0 saturated heterocycles. The van der Waals surface area contributed by atoms with E-state index in [1.165, 1.54) is 0 Å². The molecule has 6 heteroatoms. The van der Waals surface area contributed by atoms with E-state index in [-0.39, 0.29) is 36.1 Å². The molecule has 1 amide bonds. The van der Waals surface area contributed by atoms with Gasteiger partial charge in [-0.25, -0.2) is 4.79 Å². The van der Waals surface area contributed by atoms with Gasteiger partial charge in [0.25, 0.3) is 0 Å². The van der Waals surface area contributed by atoms with Crippen LogP contribution in [0.5, 0.6) is 0 Å². The molecule has 1 atom stereocenters. The number of hydrogen-bond acceptors (Lipinski definition) is 5. The Morgan fingerprint density at radius 3 is 2.30 bits per heavy atom. The molecule has 174 valence electrons. The standard InChI is InChI=1S/C27H32N2O4/c1-18(2)25(28-24(31)15-19-11-7-6-8-12-19)26(32)33-17-20(30)16-23-27(3,4)21-13-9-10-14-22(21)29(23)5/h6-14,16,18,25H,15,17H2,1-5H3,(H,28,31)/t25-/m0/s1. The molecule has 0 bridgehead atoms. The van der Waals surface area contributed by atoms with E-state index in [4.69, 9.17) is 4.74 Å². The van der Waals surface area contributed by atoms with Gasteiger partial charge in [0.2, 0.25) is 5.91 Å². The molecule has 0 unspecified atom stereocenters. The van der Waals surface area contributed by atoms with Gasteiger partial charge >= 0.3 is 5.97 Å². The summed E-state index contributed by atoms with van der Waals surface area (Å²) in [6, 6.07) is 16.5. The second-order valence-electron chi connectivity index (χ2n) is 9.26. The van der Waals surface area contributed by atoms with E-state index < -0.39 is 12.0 Å². The molecule has 2 aromatic rings. The predicted molar refractivity (Wildman–Crippen MR) is 129 cm³/mol. The number of ether oxygens (including phenoxy) is 1. The molecule has 0 fully saturated rings. The Morgan fingerprint density at radius 2 is 1.67 bits per heavy atom. The Bertz CT molecular complexity index is 1060. The minimum absolute atomic E-state index is 0.171. The average Bonchev–Trinajstić information content (AvgIpc) is 2.97. The molecule has 1 heterocycles. The molecule has 1 N–H and O–H groups in total. The number of ketones is 1. The molecule has 3 rings (SSSR count). The van der Waals surface area contributed by atoms with Gasteiger partial charge in [-0.1, -0.05) is 76.2 Å². The minimum Gasteiger partial charge on any atom is -0.456 e. The van der Waals surface area contributed by atoms with Gasteiger partial charge in [0.15, 0.2) is 12.4 Å². The smallest absolute Gasteiger partial charge is 0.329 e. The minimum atomic E-state index is -0.823. The Labute approximate surface area is 195 Å². The summed E-state index contributed by atoms with van der Waals surface area (Å²) in [5, 5.41) is 2.75. The van der Waals surface area contributed by atoms with Crippen LogP contribution >= 0.6 is 0 Å². The third-order valence-electron chi connectivity index (χ3n) is 6.04. The highest BCUT2D eigenvalue weighted by atomic mass is 16.5. The van der Waals surface area contributed by atoms with Crippen LogP contribution in [0, 0.1) is 5.92 Å². The molecule has 33 heavy (non-hydrogen) atoms. The SMILES string of the molecule is CC(C)[C@H](NC(=O)Cc1ccccc1)C(=O)OCC(=O)C=C1N(C)c2ccccc2C1(C)C.